The topological polar surface area (TPSA) is 52.9 Å². The maximum Gasteiger partial charge on any atom is 0.252 e. The smallest absolute Gasteiger partial charge is 0.252 e. The molecule has 3 nitrogen and oxygen atoms in total. The van der Waals surface area contributed by atoms with Gasteiger partial charge in [-0.05, 0) is 42.7 Å². The van der Waals surface area contributed by atoms with E-state index < -0.39 is 0 Å². The first-order valence-corrected chi connectivity index (χ1v) is 10.1. The first-order valence-electron chi connectivity index (χ1n) is 9.32. The number of carbonyl (C=O) groups is 1. The average molecular weight is 385 g/mol. The second-order valence-electron chi connectivity index (χ2n) is 7.04. The molecule has 0 spiro atoms. The Balaban J connectivity index is 1.51. The van der Waals surface area contributed by atoms with E-state index in [1.807, 2.05) is 48.5 Å². The zero-order chi connectivity index (χ0) is 19.4. The number of carbonyl (C=O) groups excluding carboxylic acids is 1. The number of benzene rings is 3. The van der Waals surface area contributed by atoms with E-state index in [1.54, 1.807) is 6.07 Å². The fourth-order valence-electron chi connectivity index (χ4n) is 3.36. The summed E-state index contributed by atoms with van der Waals surface area (Å²) in [5.41, 5.74) is 2.63. The molecule has 0 aliphatic heterocycles. The Bertz CT molecular complexity index is 1040. The van der Waals surface area contributed by atoms with Gasteiger partial charge in [0.2, 0.25) is 0 Å². The van der Waals surface area contributed by atoms with Crippen molar-refractivity contribution in [1.82, 2.24) is 5.32 Å². The van der Waals surface area contributed by atoms with Crippen LogP contribution in [0.25, 0.3) is 0 Å². The Kier molecular flexibility index (Phi) is 5.18. The van der Waals surface area contributed by atoms with Crippen molar-refractivity contribution in [2.24, 2.45) is 0 Å². The summed E-state index contributed by atoms with van der Waals surface area (Å²) in [6.45, 7) is 0.642. The fraction of sp³-hybridized carbons (Fsp3) is 0.167. The Morgan fingerprint density at radius 1 is 0.929 bits per heavy atom. The van der Waals surface area contributed by atoms with Gasteiger partial charge in [-0.25, -0.2) is 0 Å². The minimum absolute atomic E-state index is 0.0697. The molecule has 0 bridgehead atoms. The number of nitrogens with zero attached hydrogens (tertiary/aromatic N) is 1. The lowest BCUT2D eigenvalue weighted by atomic mass is 9.96. The summed E-state index contributed by atoms with van der Waals surface area (Å²) in [4.78, 5) is 14.6. The summed E-state index contributed by atoms with van der Waals surface area (Å²) in [6, 6.07) is 27.6. The fourth-order valence-corrected chi connectivity index (χ4v) is 4.39. The highest BCUT2D eigenvalue weighted by Crippen LogP contribution is 2.47. The molecule has 0 heterocycles. The molecule has 1 N–H and O–H groups in total. The van der Waals surface area contributed by atoms with Crippen LogP contribution in [0.4, 0.5) is 0 Å². The van der Waals surface area contributed by atoms with E-state index in [0.717, 1.165) is 22.6 Å². The molecule has 3 aromatic rings. The summed E-state index contributed by atoms with van der Waals surface area (Å²) in [6.07, 6.45) is 2.20. The maximum atomic E-state index is 12.9. The Morgan fingerprint density at radius 2 is 1.57 bits per heavy atom. The van der Waals surface area contributed by atoms with E-state index in [2.05, 4.69) is 35.7 Å². The Labute approximate surface area is 169 Å². The zero-order valence-corrected chi connectivity index (χ0v) is 16.2. The molecule has 0 atom stereocenters. The second kappa shape index (κ2) is 7.92. The van der Waals surface area contributed by atoms with Crippen LogP contribution in [0.2, 0.25) is 0 Å². The van der Waals surface area contributed by atoms with Gasteiger partial charge in [0.25, 0.3) is 5.91 Å². The highest BCUT2D eigenvalue weighted by Gasteiger charge is 2.44. The molecule has 1 fully saturated rings. The number of nitrogens with one attached hydrogen (secondary N) is 1. The molecular formula is C24H20N2OS. The third kappa shape index (κ3) is 3.81. The van der Waals surface area contributed by atoms with E-state index in [1.165, 1.54) is 17.3 Å². The van der Waals surface area contributed by atoms with Crippen molar-refractivity contribution < 1.29 is 4.79 Å². The van der Waals surface area contributed by atoms with Crippen LogP contribution in [0.15, 0.2) is 88.7 Å². The van der Waals surface area contributed by atoms with Crippen molar-refractivity contribution >= 4 is 17.7 Å². The van der Waals surface area contributed by atoms with Gasteiger partial charge in [-0.3, -0.25) is 4.79 Å². The molecule has 1 saturated carbocycles. The molecule has 1 amide bonds. The van der Waals surface area contributed by atoms with Gasteiger partial charge >= 0.3 is 0 Å². The van der Waals surface area contributed by atoms with Gasteiger partial charge in [-0.2, -0.15) is 5.26 Å². The van der Waals surface area contributed by atoms with Crippen LogP contribution in [0.3, 0.4) is 0 Å². The first-order chi connectivity index (χ1) is 13.7. The Hall–Kier alpha value is -3.03. The van der Waals surface area contributed by atoms with Crippen molar-refractivity contribution in [1.29, 1.82) is 5.26 Å². The maximum absolute atomic E-state index is 12.9. The van der Waals surface area contributed by atoms with E-state index in [0.29, 0.717) is 17.7 Å². The number of nitriles is 1. The highest BCUT2D eigenvalue weighted by molar-refractivity contribution is 7.99. The molecule has 4 heteroatoms. The molecule has 138 valence electrons. The summed E-state index contributed by atoms with van der Waals surface area (Å²) in [7, 11) is 0. The monoisotopic (exact) mass is 384 g/mol. The van der Waals surface area contributed by atoms with Gasteiger partial charge in [0, 0.05) is 21.8 Å². The minimum atomic E-state index is -0.0697. The van der Waals surface area contributed by atoms with Crippen LogP contribution in [0.1, 0.15) is 34.3 Å². The third-order valence-electron chi connectivity index (χ3n) is 5.19. The standard InChI is InChI=1S/C24H20N2OS/c25-16-18-8-4-6-12-21(18)28-22-13-7-5-11-20(22)23(27)26-17-24(14-15-24)19-9-2-1-3-10-19/h1-13H,14-15,17H2,(H,26,27). The second-order valence-corrected chi connectivity index (χ2v) is 8.12. The van der Waals surface area contributed by atoms with Gasteiger partial charge < -0.3 is 5.32 Å². The van der Waals surface area contributed by atoms with E-state index in [-0.39, 0.29) is 11.3 Å². The molecule has 4 rings (SSSR count). The number of hydrogen-bond donors (Lipinski definition) is 1. The van der Waals surface area contributed by atoms with Crippen LogP contribution in [-0.2, 0) is 5.41 Å². The normalized spacial score (nSPS) is 14.1. The van der Waals surface area contributed by atoms with Crippen molar-refractivity contribution in [2.45, 2.75) is 28.0 Å². The molecule has 3 aromatic carbocycles. The molecule has 0 radical (unpaired) electrons. The molecule has 0 saturated heterocycles. The lowest BCUT2D eigenvalue weighted by Gasteiger charge is -2.17. The molecule has 1 aliphatic carbocycles. The summed E-state index contributed by atoms with van der Waals surface area (Å²) in [5, 5.41) is 12.5. The lowest BCUT2D eigenvalue weighted by Crippen LogP contribution is -2.32. The third-order valence-corrected chi connectivity index (χ3v) is 6.34. The molecular weight excluding hydrogens is 364 g/mol. The minimum Gasteiger partial charge on any atom is -0.351 e. The van der Waals surface area contributed by atoms with E-state index in [9.17, 15) is 10.1 Å². The van der Waals surface area contributed by atoms with Gasteiger partial charge in [0.1, 0.15) is 6.07 Å². The zero-order valence-electron chi connectivity index (χ0n) is 15.4. The van der Waals surface area contributed by atoms with Crippen LogP contribution in [-0.4, -0.2) is 12.5 Å². The summed E-state index contributed by atoms with van der Waals surface area (Å²) in [5.74, 6) is -0.0697. The predicted octanol–water partition coefficient (Wildman–Crippen LogP) is 5.17. The molecule has 0 aromatic heterocycles. The van der Waals surface area contributed by atoms with Crippen molar-refractivity contribution in [3.05, 3.63) is 95.6 Å². The Morgan fingerprint density at radius 3 is 2.29 bits per heavy atom. The van der Waals surface area contributed by atoms with E-state index >= 15 is 0 Å². The first kappa shape index (κ1) is 18.3. The largest absolute Gasteiger partial charge is 0.351 e. The van der Waals surface area contributed by atoms with Crippen LogP contribution in [0.5, 0.6) is 0 Å². The molecule has 0 unspecified atom stereocenters. The number of hydrogen-bond acceptors (Lipinski definition) is 3. The van der Waals surface area contributed by atoms with Crippen molar-refractivity contribution in [3.63, 3.8) is 0 Å². The van der Waals surface area contributed by atoms with E-state index in [4.69, 9.17) is 0 Å². The quantitative estimate of drug-likeness (QED) is 0.638. The van der Waals surface area contributed by atoms with Crippen molar-refractivity contribution in [3.8, 4) is 6.07 Å². The number of amides is 1. The number of rotatable bonds is 6. The van der Waals surface area contributed by atoms with Crippen molar-refractivity contribution in [2.75, 3.05) is 6.54 Å². The summed E-state index contributed by atoms with van der Waals surface area (Å²) >= 11 is 1.46. The SMILES string of the molecule is N#Cc1ccccc1Sc1ccccc1C(=O)NCC1(c2ccccc2)CC1. The van der Waals surface area contributed by atoms with Gasteiger partial charge in [0.15, 0.2) is 0 Å². The predicted molar refractivity (Wildman–Crippen MR) is 111 cm³/mol. The molecule has 28 heavy (non-hydrogen) atoms. The lowest BCUT2D eigenvalue weighted by molar-refractivity contribution is 0.0947. The molecule has 1 aliphatic rings. The average Bonchev–Trinajstić information content (AvgIpc) is 3.55. The van der Waals surface area contributed by atoms with Crippen LogP contribution >= 0.6 is 11.8 Å². The van der Waals surface area contributed by atoms with Crippen LogP contribution < -0.4 is 5.32 Å². The van der Waals surface area contributed by atoms with Crippen LogP contribution in [0, 0.1) is 11.3 Å². The summed E-state index contributed by atoms with van der Waals surface area (Å²) < 4.78 is 0. The van der Waals surface area contributed by atoms with Gasteiger partial charge in [0.05, 0.1) is 11.1 Å². The van der Waals surface area contributed by atoms with Gasteiger partial charge in [-0.1, -0.05) is 66.4 Å². The highest BCUT2D eigenvalue weighted by atomic mass is 32.2. The van der Waals surface area contributed by atoms with Gasteiger partial charge in [-0.15, -0.1) is 0 Å².